The van der Waals surface area contributed by atoms with Crippen molar-refractivity contribution in [1.82, 2.24) is 4.98 Å². The number of ether oxygens (including phenoxy) is 2. The summed E-state index contributed by atoms with van der Waals surface area (Å²) in [4.78, 5) is 5.33. The Morgan fingerprint density at radius 3 is 2.57 bits per heavy atom. The normalized spacial score (nSPS) is 24.3. The van der Waals surface area contributed by atoms with Gasteiger partial charge in [-0.2, -0.15) is 0 Å². The molecule has 10 heteroatoms. The van der Waals surface area contributed by atoms with E-state index in [9.17, 15) is 24.8 Å². The predicted octanol–water partition coefficient (Wildman–Crippen LogP) is 3.27. The van der Waals surface area contributed by atoms with Gasteiger partial charge in [0.25, 0.3) is 0 Å². The quantitative estimate of drug-likeness (QED) is 0.337. The van der Waals surface area contributed by atoms with Gasteiger partial charge in [-0.05, 0) is 35.4 Å². The van der Waals surface area contributed by atoms with Crippen LogP contribution in [0.4, 0.5) is 4.39 Å². The van der Waals surface area contributed by atoms with Gasteiger partial charge < -0.3 is 29.9 Å². The monoisotopic (exact) mass is 521 g/mol. The molecule has 4 N–H and O–H groups in total. The fourth-order valence-corrected chi connectivity index (χ4v) is 5.08. The molecule has 0 aliphatic carbocycles. The largest absolute Gasteiger partial charge is 0.489 e. The van der Waals surface area contributed by atoms with Crippen LogP contribution in [0.3, 0.4) is 0 Å². The molecule has 5 atom stereocenters. The second-order valence-electron chi connectivity index (χ2n) is 8.13. The molecule has 0 unspecified atom stereocenters. The molecule has 3 aromatic rings. The van der Waals surface area contributed by atoms with Crippen LogP contribution >= 0.6 is 22.9 Å². The Morgan fingerprint density at radius 2 is 1.89 bits per heavy atom. The van der Waals surface area contributed by atoms with Crippen molar-refractivity contribution >= 4 is 22.9 Å². The van der Waals surface area contributed by atoms with Crippen LogP contribution in [0.5, 0.6) is 5.75 Å². The number of thiazole rings is 1. The fraction of sp³-hybridized carbons (Fsp3) is 0.320. The van der Waals surface area contributed by atoms with E-state index < -0.39 is 37.1 Å². The van der Waals surface area contributed by atoms with Crippen molar-refractivity contribution in [2.75, 3.05) is 13.2 Å². The summed E-state index contributed by atoms with van der Waals surface area (Å²) in [6, 6.07) is 9.43. The Balaban J connectivity index is 1.67. The highest BCUT2D eigenvalue weighted by Gasteiger charge is 2.45. The molecule has 2 aromatic carbocycles. The van der Waals surface area contributed by atoms with E-state index >= 15 is 0 Å². The van der Waals surface area contributed by atoms with E-state index in [2.05, 4.69) is 11.6 Å². The molecule has 0 amide bonds. The maximum absolute atomic E-state index is 13.2. The van der Waals surface area contributed by atoms with Crippen molar-refractivity contribution in [3.8, 4) is 16.2 Å². The number of aromatic nitrogens is 1. The lowest BCUT2D eigenvalue weighted by Gasteiger charge is -2.40. The van der Waals surface area contributed by atoms with Crippen LogP contribution < -0.4 is 4.74 Å². The fourth-order valence-electron chi connectivity index (χ4n) is 3.91. The number of benzene rings is 2. The predicted molar refractivity (Wildman–Crippen MR) is 130 cm³/mol. The average Bonchev–Trinajstić information content (AvgIpc) is 3.32. The summed E-state index contributed by atoms with van der Waals surface area (Å²) in [7, 11) is 0. The van der Waals surface area contributed by atoms with Crippen LogP contribution in [0.15, 0.2) is 55.3 Å². The molecule has 0 bridgehead atoms. The van der Waals surface area contributed by atoms with E-state index in [-0.39, 0.29) is 12.4 Å². The molecule has 1 aliphatic rings. The highest BCUT2D eigenvalue weighted by molar-refractivity contribution is 7.15. The van der Waals surface area contributed by atoms with E-state index in [1.54, 1.807) is 36.5 Å². The summed E-state index contributed by atoms with van der Waals surface area (Å²) in [6.07, 6.45) is -3.03. The number of rotatable bonds is 8. The minimum atomic E-state index is -1.53. The highest BCUT2D eigenvalue weighted by Crippen LogP contribution is 2.40. The average molecular weight is 522 g/mol. The van der Waals surface area contributed by atoms with Crippen LogP contribution in [0, 0.1) is 5.82 Å². The SMILES string of the molecule is C=CCOc1cc(Cl)c(Cc2ncc(-c3ccc(F)cc3)s2)cc1[C@@H]1O[C@H](CO)[C@@H](O)[C@H](O)[C@H]1O. The molecular weight excluding hydrogens is 497 g/mol. The molecule has 1 aromatic heterocycles. The molecular formula is C25H25ClFNO6S. The third kappa shape index (κ3) is 5.57. The summed E-state index contributed by atoms with van der Waals surface area (Å²) in [5, 5.41) is 41.8. The number of aliphatic hydroxyl groups excluding tert-OH is 4. The number of halogens is 2. The minimum Gasteiger partial charge on any atom is -0.489 e. The van der Waals surface area contributed by atoms with Gasteiger partial charge in [0.1, 0.15) is 48.7 Å². The Morgan fingerprint density at radius 1 is 1.14 bits per heavy atom. The van der Waals surface area contributed by atoms with Gasteiger partial charge >= 0.3 is 0 Å². The molecule has 0 spiro atoms. The summed E-state index contributed by atoms with van der Waals surface area (Å²) >= 11 is 7.99. The molecule has 4 rings (SSSR count). The highest BCUT2D eigenvalue weighted by atomic mass is 35.5. The van der Waals surface area contributed by atoms with Gasteiger partial charge in [0.05, 0.1) is 16.5 Å². The lowest BCUT2D eigenvalue weighted by Crippen LogP contribution is -2.55. The zero-order valence-corrected chi connectivity index (χ0v) is 20.1. The van der Waals surface area contributed by atoms with E-state index in [1.807, 2.05) is 0 Å². The van der Waals surface area contributed by atoms with Gasteiger partial charge in [0.15, 0.2) is 0 Å². The zero-order chi connectivity index (χ0) is 25.1. The first-order valence-corrected chi connectivity index (χ1v) is 12.1. The van der Waals surface area contributed by atoms with E-state index in [0.29, 0.717) is 28.3 Å². The topological polar surface area (TPSA) is 112 Å². The van der Waals surface area contributed by atoms with Crippen molar-refractivity contribution in [2.24, 2.45) is 0 Å². The maximum atomic E-state index is 13.2. The van der Waals surface area contributed by atoms with E-state index in [4.69, 9.17) is 21.1 Å². The number of aliphatic hydroxyl groups is 4. The van der Waals surface area contributed by atoms with Crippen LogP contribution in [-0.2, 0) is 11.2 Å². The van der Waals surface area contributed by atoms with Crippen molar-refractivity contribution in [2.45, 2.75) is 36.9 Å². The Labute approximate surface area is 210 Å². The van der Waals surface area contributed by atoms with Crippen LogP contribution in [0.1, 0.15) is 22.2 Å². The molecule has 1 aliphatic heterocycles. The van der Waals surface area contributed by atoms with E-state index in [0.717, 1.165) is 15.4 Å². The smallest absolute Gasteiger partial charge is 0.127 e. The first-order valence-electron chi connectivity index (χ1n) is 10.9. The lowest BCUT2D eigenvalue weighted by molar-refractivity contribution is -0.232. The van der Waals surface area contributed by atoms with Crippen molar-refractivity contribution in [3.63, 3.8) is 0 Å². The van der Waals surface area contributed by atoms with Crippen LogP contribution in [-0.4, -0.2) is 63.0 Å². The van der Waals surface area contributed by atoms with Crippen molar-refractivity contribution < 1.29 is 34.3 Å². The third-order valence-corrected chi connectivity index (χ3v) is 7.16. The standard InChI is InChI=1S/C25H25ClFNO6S/c1-2-7-33-18-10-17(26)14(8-16(18)25-24(32)23(31)22(30)19(12-29)34-25)9-21-28-11-20(35-21)13-3-5-15(27)6-4-13/h2-6,8,10-11,19,22-25,29-32H,1,7,9,12H2/t19-,22-,23+,24-,25+/m1/s1. The molecule has 7 nitrogen and oxygen atoms in total. The lowest BCUT2D eigenvalue weighted by atomic mass is 9.90. The molecule has 1 saturated heterocycles. The first-order chi connectivity index (χ1) is 16.8. The maximum Gasteiger partial charge on any atom is 0.127 e. The minimum absolute atomic E-state index is 0.160. The van der Waals surface area contributed by atoms with Gasteiger partial charge in [-0.25, -0.2) is 9.37 Å². The molecule has 0 radical (unpaired) electrons. The Hall–Kier alpha value is -2.37. The summed E-state index contributed by atoms with van der Waals surface area (Å²) in [5.41, 5.74) is 1.92. The zero-order valence-electron chi connectivity index (χ0n) is 18.6. The molecule has 35 heavy (non-hydrogen) atoms. The first kappa shape index (κ1) is 25.7. The second kappa shape index (κ2) is 11.1. The number of hydrogen-bond acceptors (Lipinski definition) is 8. The van der Waals surface area contributed by atoms with E-state index in [1.165, 1.54) is 23.5 Å². The molecule has 0 saturated carbocycles. The summed E-state index contributed by atoms with van der Waals surface area (Å²) in [6.45, 7) is 3.25. The second-order valence-corrected chi connectivity index (χ2v) is 9.65. The third-order valence-electron chi connectivity index (χ3n) is 5.76. The van der Waals surface area contributed by atoms with Gasteiger partial charge in [-0.15, -0.1) is 11.3 Å². The Kier molecular flexibility index (Phi) is 8.18. The van der Waals surface area contributed by atoms with Gasteiger partial charge in [-0.1, -0.05) is 36.4 Å². The van der Waals surface area contributed by atoms with Gasteiger partial charge in [-0.3, -0.25) is 0 Å². The molecule has 1 fully saturated rings. The molecule has 2 heterocycles. The van der Waals surface area contributed by atoms with Crippen molar-refractivity contribution in [1.29, 1.82) is 0 Å². The summed E-state index contributed by atoms with van der Waals surface area (Å²) in [5.74, 6) is -0.00104. The number of nitrogens with zero attached hydrogens (tertiary/aromatic N) is 1. The van der Waals surface area contributed by atoms with Crippen molar-refractivity contribution in [3.05, 3.63) is 82.2 Å². The Bertz CT molecular complexity index is 1170. The number of hydrogen-bond donors (Lipinski definition) is 4. The molecule has 186 valence electrons. The van der Waals surface area contributed by atoms with Gasteiger partial charge in [0.2, 0.25) is 0 Å². The van der Waals surface area contributed by atoms with Gasteiger partial charge in [0, 0.05) is 23.2 Å². The van der Waals surface area contributed by atoms with Crippen LogP contribution in [0.25, 0.3) is 10.4 Å². The van der Waals surface area contributed by atoms with Crippen LogP contribution in [0.2, 0.25) is 5.02 Å². The summed E-state index contributed by atoms with van der Waals surface area (Å²) < 4.78 is 24.7.